The first-order valence-corrected chi connectivity index (χ1v) is 6.39. The van der Waals surface area contributed by atoms with Gasteiger partial charge in [-0.25, -0.2) is 5.43 Å². The van der Waals surface area contributed by atoms with Crippen LogP contribution in [0.3, 0.4) is 0 Å². The second kappa shape index (κ2) is 5.07. The van der Waals surface area contributed by atoms with Gasteiger partial charge in [0.1, 0.15) is 13.2 Å². The molecule has 0 aromatic heterocycles. The van der Waals surface area contributed by atoms with Crippen LogP contribution >= 0.6 is 0 Å². The smallest absolute Gasteiger partial charge is 0.226 e. The molecule has 3 N–H and O–H groups in total. The molecule has 1 aromatic carbocycles. The van der Waals surface area contributed by atoms with Gasteiger partial charge in [-0.1, -0.05) is 6.07 Å². The largest absolute Gasteiger partial charge is 0.486 e. The maximum absolute atomic E-state index is 11.8. The molecule has 1 amide bonds. The van der Waals surface area contributed by atoms with E-state index in [2.05, 4.69) is 16.2 Å². The summed E-state index contributed by atoms with van der Waals surface area (Å²) in [5, 5.41) is 2.69. The van der Waals surface area contributed by atoms with E-state index >= 15 is 0 Å². The molecule has 1 saturated heterocycles. The highest BCUT2D eigenvalue weighted by Crippen LogP contribution is 2.35. The molecular formula is C13H17N3O3. The Morgan fingerprint density at radius 1 is 1.32 bits per heavy atom. The number of hydrogen-bond acceptors (Lipinski definition) is 5. The lowest BCUT2D eigenvalue weighted by molar-refractivity contribution is -0.124. The first-order valence-electron chi connectivity index (χ1n) is 6.39. The normalized spacial score (nSPS) is 25.1. The Bertz CT molecular complexity index is 492. The average molecular weight is 263 g/mol. The lowest BCUT2D eigenvalue weighted by atomic mass is 9.94. The van der Waals surface area contributed by atoms with Gasteiger partial charge in [0.05, 0.1) is 12.0 Å². The number of fused-ring (bicyclic) bond motifs is 1. The van der Waals surface area contributed by atoms with Gasteiger partial charge in [-0.3, -0.25) is 10.2 Å². The summed E-state index contributed by atoms with van der Waals surface area (Å²) in [5.74, 6) is 1.40. The van der Waals surface area contributed by atoms with Gasteiger partial charge in [0.2, 0.25) is 5.91 Å². The van der Waals surface area contributed by atoms with Gasteiger partial charge in [-0.15, -0.1) is 0 Å². The van der Waals surface area contributed by atoms with Crippen molar-refractivity contribution in [1.29, 1.82) is 0 Å². The maximum Gasteiger partial charge on any atom is 0.226 e. The molecule has 19 heavy (non-hydrogen) atoms. The molecule has 0 radical (unpaired) electrons. The summed E-state index contributed by atoms with van der Waals surface area (Å²) in [6, 6.07) is 5.74. The van der Waals surface area contributed by atoms with E-state index in [0.29, 0.717) is 19.8 Å². The summed E-state index contributed by atoms with van der Waals surface area (Å²) < 4.78 is 11.1. The summed E-state index contributed by atoms with van der Waals surface area (Å²) in [5.41, 5.74) is 7.19. The second-order valence-electron chi connectivity index (χ2n) is 4.63. The molecule has 1 aromatic rings. The van der Waals surface area contributed by atoms with Gasteiger partial charge in [-0.05, 0) is 17.7 Å². The summed E-state index contributed by atoms with van der Waals surface area (Å²) in [6.45, 7) is 1.75. The monoisotopic (exact) mass is 263 g/mol. The van der Waals surface area contributed by atoms with Crippen molar-refractivity contribution in [3.05, 3.63) is 23.8 Å². The number of ether oxygens (including phenoxy) is 2. The summed E-state index contributed by atoms with van der Waals surface area (Å²) in [6.07, 6.45) is 0. The minimum absolute atomic E-state index is 0.0254. The van der Waals surface area contributed by atoms with Crippen molar-refractivity contribution < 1.29 is 14.3 Å². The Morgan fingerprint density at radius 3 is 2.89 bits per heavy atom. The molecule has 0 aliphatic carbocycles. The van der Waals surface area contributed by atoms with Crippen LogP contribution in [0.15, 0.2) is 18.2 Å². The molecule has 102 valence electrons. The number of rotatable bonds is 2. The zero-order chi connectivity index (χ0) is 13.2. The highest BCUT2D eigenvalue weighted by Gasteiger charge is 2.34. The lowest BCUT2D eigenvalue weighted by Gasteiger charge is -2.22. The number of carbonyl (C=O) groups is 1. The van der Waals surface area contributed by atoms with E-state index in [1.54, 1.807) is 7.05 Å². The molecule has 0 saturated carbocycles. The minimum Gasteiger partial charge on any atom is -0.486 e. The van der Waals surface area contributed by atoms with Crippen molar-refractivity contribution >= 4 is 5.91 Å². The molecule has 2 atom stereocenters. The van der Waals surface area contributed by atoms with E-state index in [9.17, 15) is 4.79 Å². The number of hydrazine groups is 1. The van der Waals surface area contributed by atoms with Crippen LogP contribution in [0.5, 0.6) is 11.5 Å². The number of hydrogen-bond donors (Lipinski definition) is 3. The van der Waals surface area contributed by atoms with Crippen LogP contribution in [-0.4, -0.2) is 32.7 Å². The first kappa shape index (κ1) is 12.3. The molecule has 0 spiro atoms. The van der Waals surface area contributed by atoms with Crippen molar-refractivity contribution in [2.24, 2.45) is 5.92 Å². The molecule has 1 fully saturated rings. The van der Waals surface area contributed by atoms with Gasteiger partial charge in [0.25, 0.3) is 0 Å². The third kappa shape index (κ3) is 2.24. The first-order chi connectivity index (χ1) is 9.29. The van der Waals surface area contributed by atoms with Gasteiger partial charge < -0.3 is 14.8 Å². The van der Waals surface area contributed by atoms with Crippen LogP contribution in [0.25, 0.3) is 0 Å². The van der Waals surface area contributed by atoms with Crippen LogP contribution in [-0.2, 0) is 4.79 Å². The predicted molar refractivity (Wildman–Crippen MR) is 68.9 cm³/mol. The van der Waals surface area contributed by atoms with Crippen molar-refractivity contribution in [3.63, 3.8) is 0 Å². The number of carbonyl (C=O) groups excluding carboxylic acids is 1. The van der Waals surface area contributed by atoms with Crippen molar-refractivity contribution in [1.82, 2.24) is 16.2 Å². The molecule has 6 heteroatoms. The van der Waals surface area contributed by atoms with E-state index < -0.39 is 0 Å². The maximum atomic E-state index is 11.8. The van der Waals surface area contributed by atoms with E-state index in [-0.39, 0.29) is 17.9 Å². The van der Waals surface area contributed by atoms with Gasteiger partial charge in [0, 0.05) is 13.6 Å². The molecule has 3 rings (SSSR count). The Hall–Kier alpha value is -1.79. The second-order valence-corrected chi connectivity index (χ2v) is 4.63. The number of benzene rings is 1. The van der Waals surface area contributed by atoms with Crippen LogP contribution in [0, 0.1) is 5.92 Å². The van der Waals surface area contributed by atoms with Crippen molar-refractivity contribution in [2.45, 2.75) is 6.04 Å². The fraction of sp³-hybridized carbons (Fsp3) is 0.462. The SMILES string of the molecule is CNC(=O)C1CNNC1c1ccc2c(c1)OCCO2. The lowest BCUT2D eigenvalue weighted by Crippen LogP contribution is -2.32. The highest BCUT2D eigenvalue weighted by molar-refractivity contribution is 5.80. The quantitative estimate of drug-likeness (QED) is 0.699. The zero-order valence-corrected chi connectivity index (χ0v) is 10.7. The van der Waals surface area contributed by atoms with Gasteiger partial charge >= 0.3 is 0 Å². The van der Waals surface area contributed by atoms with Gasteiger partial charge in [0.15, 0.2) is 11.5 Å². The fourth-order valence-corrected chi connectivity index (χ4v) is 2.50. The highest BCUT2D eigenvalue weighted by atomic mass is 16.6. The zero-order valence-electron chi connectivity index (χ0n) is 10.7. The van der Waals surface area contributed by atoms with Crippen LogP contribution in [0.1, 0.15) is 11.6 Å². The van der Waals surface area contributed by atoms with Crippen LogP contribution in [0.2, 0.25) is 0 Å². The third-order valence-corrected chi connectivity index (χ3v) is 3.49. The molecule has 2 heterocycles. The summed E-state index contributed by atoms with van der Waals surface area (Å²) in [4.78, 5) is 11.8. The Kier molecular flexibility index (Phi) is 3.27. The van der Waals surface area contributed by atoms with Crippen molar-refractivity contribution in [3.8, 4) is 11.5 Å². The van der Waals surface area contributed by atoms with E-state index in [1.165, 1.54) is 0 Å². The van der Waals surface area contributed by atoms with E-state index in [4.69, 9.17) is 9.47 Å². The Balaban J connectivity index is 1.87. The van der Waals surface area contributed by atoms with Crippen LogP contribution in [0.4, 0.5) is 0 Å². The standard InChI is InChI=1S/C13H17N3O3/c1-14-13(17)9-7-15-16-12(9)8-2-3-10-11(6-8)19-5-4-18-10/h2-3,6,9,12,15-16H,4-5,7H2,1H3,(H,14,17). The third-order valence-electron chi connectivity index (χ3n) is 3.49. The fourth-order valence-electron chi connectivity index (χ4n) is 2.50. The molecule has 0 bridgehead atoms. The predicted octanol–water partition coefficient (Wildman–Crippen LogP) is -0.0311. The van der Waals surface area contributed by atoms with E-state index in [1.807, 2.05) is 18.2 Å². The van der Waals surface area contributed by atoms with Crippen LogP contribution < -0.4 is 25.6 Å². The number of nitrogens with one attached hydrogen (secondary N) is 3. The topological polar surface area (TPSA) is 71.6 Å². The summed E-state index contributed by atoms with van der Waals surface area (Å²) >= 11 is 0. The molecule has 2 aliphatic rings. The molecule has 2 aliphatic heterocycles. The minimum atomic E-state index is -0.132. The molecular weight excluding hydrogens is 246 g/mol. The van der Waals surface area contributed by atoms with Gasteiger partial charge in [-0.2, -0.15) is 0 Å². The number of amides is 1. The van der Waals surface area contributed by atoms with E-state index in [0.717, 1.165) is 17.1 Å². The Morgan fingerprint density at radius 2 is 2.11 bits per heavy atom. The Labute approximate surface area is 111 Å². The molecule has 2 unspecified atom stereocenters. The molecule has 6 nitrogen and oxygen atoms in total. The average Bonchev–Trinajstić information content (AvgIpc) is 2.95. The summed E-state index contributed by atoms with van der Waals surface area (Å²) in [7, 11) is 1.65. The van der Waals surface area contributed by atoms with Crippen molar-refractivity contribution in [2.75, 3.05) is 26.8 Å².